The lowest BCUT2D eigenvalue weighted by atomic mass is 10.2. The molecule has 1 unspecified atom stereocenters. The molecule has 1 saturated heterocycles. The summed E-state index contributed by atoms with van der Waals surface area (Å²) in [5, 5.41) is 2.63. The molecule has 0 spiro atoms. The van der Waals surface area contributed by atoms with Crippen LogP contribution in [0.4, 0.5) is 4.39 Å². The fourth-order valence-corrected chi connectivity index (χ4v) is 3.40. The zero-order valence-electron chi connectivity index (χ0n) is 10.7. The lowest BCUT2D eigenvalue weighted by Gasteiger charge is -2.12. The molecule has 116 valence electrons. The number of amides is 1. The number of hydrogen-bond acceptors (Lipinski definition) is 4. The second-order valence-corrected chi connectivity index (χ2v) is 7.93. The van der Waals surface area contributed by atoms with E-state index in [4.69, 9.17) is 15.4 Å². The standard InChI is InChI=1S/C12H12BrClFNO4S/c13-9-5-10(15)11(21(14,18)19)4-8(9)12(17)16-6-7-2-1-3-20-7/h4-5,7H,1-3,6H2,(H,16,17). The topological polar surface area (TPSA) is 72.5 Å². The molecule has 21 heavy (non-hydrogen) atoms. The van der Waals surface area contributed by atoms with E-state index in [2.05, 4.69) is 21.2 Å². The Hall–Kier alpha value is -0.700. The van der Waals surface area contributed by atoms with E-state index in [9.17, 15) is 17.6 Å². The fraction of sp³-hybridized carbons (Fsp3) is 0.417. The van der Waals surface area contributed by atoms with Gasteiger partial charge in [-0.3, -0.25) is 4.79 Å². The van der Waals surface area contributed by atoms with Crippen molar-refractivity contribution in [1.29, 1.82) is 0 Å². The van der Waals surface area contributed by atoms with Gasteiger partial charge in [0.2, 0.25) is 0 Å². The second kappa shape index (κ2) is 6.60. The first-order valence-corrected chi connectivity index (χ1v) is 9.23. The van der Waals surface area contributed by atoms with Crippen molar-refractivity contribution in [3.05, 3.63) is 28.0 Å². The minimum atomic E-state index is -4.27. The van der Waals surface area contributed by atoms with Crippen LogP contribution in [0.25, 0.3) is 0 Å². The highest BCUT2D eigenvalue weighted by atomic mass is 79.9. The lowest BCUT2D eigenvalue weighted by Crippen LogP contribution is -2.32. The molecule has 1 fully saturated rings. The molecule has 1 N–H and O–H groups in total. The van der Waals surface area contributed by atoms with Crippen LogP contribution in [0, 0.1) is 5.82 Å². The van der Waals surface area contributed by atoms with Crippen LogP contribution in [0.1, 0.15) is 23.2 Å². The van der Waals surface area contributed by atoms with Crippen molar-refractivity contribution >= 4 is 41.6 Å². The summed E-state index contributed by atoms with van der Waals surface area (Å²) in [6.45, 7) is 0.973. The molecule has 1 heterocycles. The summed E-state index contributed by atoms with van der Waals surface area (Å²) in [4.78, 5) is 11.3. The Balaban J connectivity index is 2.20. The summed E-state index contributed by atoms with van der Waals surface area (Å²) in [6.07, 6.45) is 1.74. The minimum Gasteiger partial charge on any atom is -0.376 e. The predicted molar refractivity (Wildman–Crippen MR) is 78.4 cm³/mol. The Morgan fingerprint density at radius 1 is 1.52 bits per heavy atom. The molecule has 1 aliphatic heterocycles. The largest absolute Gasteiger partial charge is 0.376 e. The molecule has 0 aliphatic carbocycles. The van der Waals surface area contributed by atoms with Crippen LogP contribution in [-0.2, 0) is 13.8 Å². The summed E-state index contributed by atoms with van der Waals surface area (Å²) in [6, 6.07) is 1.81. The summed E-state index contributed by atoms with van der Waals surface area (Å²) in [7, 11) is 0.874. The normalized spacial score (nSPS) is 18.7. The zero-order chi connectivity index (χ0) is 15.6. The van der Waals surface area contributed by atoms with Crippen LogP contribution in [0.2, 0.25) is 0 Å². The molecule has 0 radical (unpaired) electrons. The Morgan fingerprint density at radius 2 is 2.24 bits per heavy atom. The quantitative estimate of drug-likeness (QED) is 0.788. The van der Waals surface area contributed by atoms with E-state index in [1.54, 1.807) is 0 Å². The number of carbonyl (C=O) groups excluding carboxylic acids is 1. The molecule has 1 aliphatic rings. The van der Waals surface area contributed by atoms with Crippen LogP contribution in [0.3, 0.4) is 0 Å². The highest BCUT2D eigenvalue weighted by molar-refractivity contribution is 9.10. The van der Waals surface area contributed by atoms with Gasteiger partial charge in [0.25, 0.3) is 15.0 Å². The van der Waals surface area contributed by atoms with Crippen molar-refractivity contribution in [3.63, 3.8) is 0 Å². The van der Waals surface area contributed by atoms with E-state index in [0.717, 1.165) is 25.0 Å². The maximum absolute atomic E-state index is 13.6. The third-order valence-electron chi connectivity index (χ3n) is 3.04. The lowest BCUT2D eigenvalue weighted by molar-refractivity contribution is 0.0857. The maximum atomic E-state index is 13.6. The number of nitrogens with one attached hydrogen (secondary N) is 1. The molecule has 1 aromatic carbocycles. The molecule has 1 atom stereocenters. The molecule has 1 amide bonds. The highest BCUT2D eigenvalue weighted by Crippen LogP contribution is 2.26. The Labute approximate surface area is 134 Å². The smallest absolute Gasteiger partial charge is 0.264 e. The minimum absolute atomic E-state index is 0.00591. The average molecular weight is 401 g/mol. The highest BCUT2D eigenvalue weighted by Gasteiger charge is 2.23. The van der Waals surface area contributed by atoms with Crippen molar-refractivity contribution < 1.29 is 22.3 Å². The molecule has 5 nitrogen and oxygen atoms in total. The van der Waals surface area contributed by atoms with Gasteiger partial charge in [0.1, 0.15) is 10.7 Å². The van der Waals surface area contributed by atoms with Crippen molar-refractivity contribution in [3.8, 4) is 0 Å². The van der Waals surface area contributed by atoms with Gasteiger partial charge in [0.05, 0.1) is 11.7 Å². The van der Waals surface area contributed by atoms with Crippen LogP contribution in [0.15, 0.2) is 21.5 Å². The van der Waals surface area contributed by atoms with E-state index in [1.807, 2.05) is 0 Å². The predicted octanol–water partition coefficient (Wildman–Crippen LogP) is 2.42. The van der Waals surface area contributed by atoms with E-state index in [0.29, 0.717) is 13.2 Å². The van der Waals surface area contributed by atoms with Gasteiger partial charge in [-0.05, 0) is 40.9 Å². The SMILES string of the molecule is O=C(NCC1CCCO1)c1cc(S(=O)(=O)Cl)c(F)cc1Br. The van der Waals surface area contributed by atoms with Crippen LogP contribution in [0.5, 0.6) is 0 Å². The van der Waals surface area contributed by atoms with Crippen molar-refractivity contribution in [2.45, 2.75) is 23.8 Å². The molecular weight excluding hydrogens is 389 g/mol. The maximum Gasteiger partial charge on any atom is 0.264 e. The molecule has 9 heteroatoms. The van der Waals surface area contributed by atoms with Crippen molar-refractivity contribution in [2.24, 2.45) is 0 Å². The Morgan fingerprint density at radius 3 is 2.81 bits per heavy atom. The number of ether oxygens (including phenoxy) is 1. The average Bonchev–Trinajstić information content (AvgIpc) is 2.87. The van der Waals surface area contributed by atoms with E-state index < -0.39 is 25.7 Å². The number of halogens is 3. The van der Waals surface area contributed by atoms with Gasteiger partial charge in [-0.15, -0.1) is 0 Å². The third-order valence-corrected chi connectivity index (χ3v) is 5.04. The first kappa shape index (κ1) is 16.7. The zero-order valence-corrected chi connectivity index (χ0v) is 13.9. The number of hydrogen-bond donors (Lipinski definition) is 1. The van der Waals surface area contributed by atoms with Gasteiger partial charge in [0, 0.05) is 28.3 Å². The van der Waals surface area contributed by atoms with Gasteiger partial charge < -0.3 is 10.1 Å². The third kappa shape index (κ3) is 4.15. The molecule has 1 aromatic rings. The Kier molecular flexibility index (Phi) is 5.24. The van der Waals surface area contributed by atoms with E-state index in [1.165, 1.54) is 0 Å². The summed E-state index contributed by atoms with van der Waals surface area (Å²) in [5.41, 5.74) is -0.00591. The van der Waals surface area contributed by atoms with Crippen molar-refractivity contribution in [1.82, 2.24) is 5.32 Å². The molecule has 0 saturated carbocycles. The van der Waals surface area contributed by atoms with Gasteiger partial charge in [-0.1, -0.05) is 0 Å². The Bertz CT molecular complexity index is 661. The molecule has 0 aromatic heterocycles. The van der Waals surface area contributed by atoms with Crippen LogP contribution in [-0.4, -0.2) is 33.6 Å². The molecular formula is C12H12BrClFNO4S. The van der Waals surface area contributed by atoms with Gasteiger partial charge in [-0.2, -0.15) is 0 Å². The van der Waals surface area contributed by atoms with Gasteiger partial charge in [0.15, 0.2) is 0 Å². The van der Waals surface area contributed by atoms with E-state index >= 15 is 0 Å². The summed E-state index contributed by atoms with van der Waals surface area (Å²) >= 11 is 3.03. The van der Waals surface area contributed by atoms with Crippen LogP contribution >= 0.6 is 26.6 Å². The summed E-state index contributed by atoms with van der Waals surface area (Å²) < 4.78 is 41.6. The second-order valence-electron chi connectivity index (χ2n) is 4.55. The van der Waals surface area contributed by atoms with Crippen LogP contribution < -0.4 is 5.32 Å². The van der Waals surface area contributed by atoms with E-state index in [-0.39, 0.29) is 16.1 Å². The first-order chi connectivity index (χ1) is 9.79. The fourth-order valence-electron chi connectivity index (χ4n) is 2.00. The first-order valence-electron chi connectivity index (χ1n) is 6.12. The number of benzene rings is 1. The van der Waals surface area contributed by atoms with Gasteiger partial charge >= 0.3 is 0 Å². The monoisotopic (exact) mass is 399 g/mol. The summed E-state index contributed by atoms with van der Waals surface area (Å²) in [5.74, 6) is -1.55. The number of rotatable bonds is 4. The van der Waals surface area contributed by atoms with Crippen molar-refractivity contribution in [2.75, 3.05) is 13.2 Å². The van der Waals surface area contributed by atoms with Gasteiger partial charge in [-0.25, -0.2) is 12.8 Å². The number of carbonyl (C=O) groups is 1. The molecule has 2 rings (SSSR count). The molecule has 0 bridgehead atoms.